The molecule has 4 aliphatic rings. The second-order valence-electron chi connectivity index (χ2n) is 17.0. The van der Waals surface area contributed by atoms with E-state index >= 15 is 0 Å². The Morgan fingerprint density at radius 1 is 0.738 bits per heavy atom. The van der Waals surface area contributed by atoms with Crippen molar-refractivity contribution in [3.63, 3.8) is 0 Å². The van der Waals surface area contributed by atoms with Crippen molar-refractivity contribution in [2.45, 2.75) is 83.4 Å². The molecular formula is C52H53N5O7S. The monoisotopic (exact) mass is 891 g/mol. The van der Waals surface area contributed by atoms with Gasteiger partial charge in [0.1, 0.15) is 24.7 Å². The molecule has 1 N–H and O–H groups in total. The smallest absolute Gasteiger partial charge is 0.261 e. The number of anilines is 2. The number of rotatable bonds is 17. The lowest BCUT2D eigenvalue weighted by Gasteiger charge is -2.22. The van der Waals surface area contributed by atoms with Gasteiger partial charge in [0.25, 0.3) is 11.8 Å². The van der Waals surface area contributed by atoms with Gasteiger partial charge in [0.15, 0.2) is 11.5 Å². The van der Waals surface area contributed by atoms with Crippen molar-refractivity contribution in [3.05, 3.63) is 130 Å². The fourth-order valence-electron chi connectivity index (χ4n) is 8.84. The third-order valence-electron chi connectivity index (χ3n) is 12.0. The number of aryl methyl sites for hydroxylation is 1. The zero-order valence-corrected chi connectivity index (χ0v) is 38.0. The number of ether oxygens (including phenoxy) is 4. The topological polar surface area (TPSA) is 131 Å². The Hall–Kier alpha value is -6.60. The highest BCUT2D eigenvalue weighted by atomic mass is 32.2. The van der Waals surface area contributed by atoms with Gasteiger partial charge in [-0.15, -0.1) is 0 Å². The Morgan fingerprint density at radius 2 is 1.32 bits per heavy atom. The number of thioether (sulfide) groups is 1. The number of hydrogen-bond acceptors (Lipinski definition) is 10. The molecule has 13 heteroatoms. The van der Waals surface area contributed by atoms with Crippen LogP contribution in [0.5, 0.6) is 23.0 Å². The highest BCUT2D eigenvalue weighted by Gasteiger charge is 2.38. The molecular weight excluding hydrogens is 839 g/mol. The van der Waals surface area contributed by atoms with E-state index in [-0.39, 0.29) is 43.0 Å². The van der Waals surface area contributed by atoms with Crippen LogP contribution in [0.2, 0.25) is 0 Å². The molecule has 0 bridgehead atoms. The largest absolute Gasteiger partial charge is 0.494 e. The van der Waals surface area contributed by atoms with Gasteiger partial charge >= 0.3 is 0 Å². The number of unbranched alkanes of at least 4 members (excludes halogenated alkanes) is 1. The molecule has 0 radical (unpaired) electrons. The molecule has 5 aromatic rings. The van der Waals surface area contributed by atoms with Crippen molar-refractivity contribution >= 4 is 64.7 Å². The molecule has 0 fully saturated rings. The minimum absolute atomic E-state index is 0.0516. The molecule has 4 aliphatic heterocycles. The van der Waals surface area contributed by atoms with Gasteiger partial charge in [0, 0.05) is 67.5 Å². The number of para-hydroxylation sites is 2. The summed E-state index contributed by atoms with van der Waals surface area (Å²) in [5.74, 6) is 2.86. The van der Waals surface area contributed by atoms with E-state index in [4.69, 9.17) is 28.9 Å². The summed E-state index contributed by atoms with van der Waals surface area (Å²) in [5, 5.41) is 3.54. The summed E-state index contributed by atoms with van der Waals surface area (Å²) in [6.45, 7) is 7.69. The van der Waals surface area contributed by atoms with Crippen molar-refractivity contribution in [2.24, 2.45) is 9.98 Å². The van der Waals surface area contributed by atoms with Gasteiger partial charge in [-0.1, -0.05) is 50.2 Å². The van der Waals surface area contributed by atoms with Crippen molar-refractivity contribution in [2.75, 3.05) is 35.8 Å². The van der Waals surface area contributed by atoms with Gasteiger partial charge < -0.3 is 24.3 Å². The zero-order valence-electron chi connectivity index (χ0n) is 37.2. The van der Waals surface area contributed by atoms with Crippen LogP contribution in [0.4, 0.5) is 22.7 Å². The third kappa shape index (κ3) is 9.47. The molecule has 12 nitrogen and oxygen atoms in total. The first kappa shape index (κ1) is 43.6. The number of methoxy groups -OCH3 is 1. The third-order valence-corrected chi connectivity index (χ3v) is 13.1. The van der Waals surface area contributed by atoms with Crippen LogP contribution in [0.25, 0.3) is 0 Å². The number of carbonyl (C=O) groups excluding carboxylic acids is 3. The first-order valence-corrected chi connectivity index (χ1v) is 23.4. The van der Waals surface area contributed by atoms with Gasteiger partial charge in [0.2, 0.25) is 5.91 Å². The normalized spacial score (nSPS) is 16.5. The summed E-state index contributed by atoms with van der Waals surface area (Å²) < 4.78 is 25.0. The molecule has 5 aromatic carbocycles. The van der Waals surface area contributed by atoms with E-state index < -0.39 is 0 Å². The summed E-state index contributed by atoms with van der Waals surface area (Å²) in [5.41, 5.74) is 8.62. The molecule has 9 rings (SSSR count). The number of benzene rings is 5. The molecule has 334 valence electrons. The number of aliphatic imine (C=N–C) groups is 2. The molecule has 0 aromatic heterocycles. The van der Waals surface area contributed by atoms with Gasteiger partial charge in [-0.2, -0.15) is 11.8 Å². The Bertz CT molecular complexity index is 2700. The predicted octanol–water partition coefficient (Wildman–Crippen LogP) is 9.54. The molecule has 2 unspecified atom stereocenters. The fourth-order valence-corrected chi connectivity index (χ4v) is 9.53. The zero-order chi connectivity index (χ0) is 45.0. The van der Waals surface area contributed by atoms with Gasteiger partial charge in [-0.25, -0.2) is 0 Å². The first-order chi connectivity index (χ1) is 31.6. The second-order valence-corrected chi connectivity index (χ2v) is 18.7. The summed E-state index contributed by atoms with van der Waals surface area (Å²) in [4.78, 5) is 53.6. The maximum atomic E-state index is 14.0. The SMILES string of the molecule is COc1cc2c(cc1OCc1cc(COc3cc4c(cc3C)C(=O)N3c5ccccc5CC3C=N4)cc(OCCCCC(=O)NCCSC(C)C)c1)N=CC1Cc3ccccc3N1C2=O. The second kappa shape index (κ2) is 19.2. The summed E-state index contributed by atoms with van der Waals surface area (Å²) in [6, 6.07) is 28.7. The summed E-state index contributed by atoms with van der Waals surface area (Å²) in [7, 11) is 1.56. The highest BCUT2D eigenvalue weighted by Crippen LogP contribution is 2.42. The molecule has 4 heterocycles. The first-order valence-electron chi connectivity index (χ1n) is 22.3. The van der Waals surface area contributed by atoms with Crippen LogP contribution in [0.3, 0.4) is 0 Å². The Morgan fingerprint density at radius 3 is 1.94 bits per heavy atom. The number of amides is 3. The minimum Gasteiger partial charge on any atom is -0.494 e. The van der Waals surface area contributed by atoms with Crippen molar-refractivity contribution in [1.82, 2.24) is 5.32 Å². The van der Waals surface area contributed by atoms with Crippen molar-refractivity contribution < 1.29 is 33.3 Å². The lowest BCUT2D eigenvalue weighted by Crippen LogP contribution is -2.37. The van der Waals surface area contributed by atoms with Crippen LogP contribution in [0.15, 0.2) is 101 Å². The molecule has 65 heavy (non-hydrogen) atoms. The van der Waals surface area contributed by atoms with Crippen LogP contribution in [0.1, 0.15) is 81.6 Å². The van der Waals surface area contributed by atoms with Crippen molar-refractivity contribution in [1.29, 1.82) is 0 Å². The Balaban J connectivity index is 0.911. The number of hydrogen-bond donors (Lipinski definition) is 1. The van der Waals surface area contributed by atoms with Crippen LogP contribution < -0.4 is 34.1 Å². The average molecular weight is 892 g/mol. The standard InChI is InChI=1S/C52H53N5O7S/c1-32(2)65-18-16-53-50(58)15-9-10-17-62-40-21-34(30-63-47-26-43-41(19-33(47)3)51(59)56-38(28-54-43)23-36-11-5-7-13-45(36)56)20-35(22-40)31-64-49-27-44-42(25-48(49)61-4)52(60)57-39(29-55-44)24-37-12-6-8-14-46(37)57/h5-8,11-14,19-22,25-29,32,38-39H,9-10,15-18,23-24,30-31H2,1-4H3,(H,53,58). The summed E-state index contributed by atoms with van der Waals surface area (Å²) >= 11 is 1.83. The predicted molar refractivity (Wildman–Crippen MR) is 257 cm³/mol. The van der Waals surface area contributed by atoms with E-state index in [1.807, 2.05) is 114 Å². The molecule has 0 aliphatic carbocycles. The maximum Gasteiger partial charge on any atom is 0.261 e. The molecule has 0 saturated carbocycles. The number of nitrogens with zero attached hydrogens (tertiary/aromatic N) is 4. The summed E-state index contributed by atoms with van der Waals surface area (Å²) in [6.07, 6.45) is 6.96. The molecule has 0 saturated heterocycles. The number of nitrogens with one attached hydrogen (secondary N) is 1. The van der Waals surface area contributed by atoms with Gasteiger partial charge in [0.05, 0.1) is 48.3 Å². The van der Waals surface area contributed by atoms with Crippen LogP contribution in [0, 0.1) is 6.92 Å². The number of fused-ring (bicyclic) bond motifs is 8. The highest BCUT2D eigenvalue weighted by molar-refractivity contribution is 7.99. The van der Waals surface area contributed by atoms with Crippen LogP contribution in [-0.4, -0.2) is 73.5 Å². The Labute approximate surface area is 384 Å². The Kier molecular flexibility index (Phi) is 12.9. The quantitative estimate of drug-likeness (QED) is 0.0914. The lowest BCUT2D eigenvalue weighted by molar-refractivity contribution is -0.121. The lowest BCUT2D eigenvalue weighted by atomic mass is 10.1. The molecule has 3 amide bonds. The van der Waals surface area contributed by atoms with Gasteiger partial charge in [-0.05, 0) is 95.3 Å². The van der Waals surface area contributed by atoms with E-state index in [9.17, 15) is 14.4 Å². The van der Waals surface area contributed by atoms with E-state index in [2.05, 4.69) is 25.2 Å². The van der Waals surface area contributed by atoms with E-state index in [0.717, 1.165) is 51.4 Å². The maximum absolute atomic E-state index is 14.0. The molecule has 0 spiro atoms. The average Bonchev–Trinajstić information content (AvgIpc) is 3.80. The number of carbonyl (C=O) groups is 3. The van der Waals surface area contributed by atoms with Gasteiger partial charge in [-0.3, -0.25) is 34.2 Å². The van der Waals surface area contributed by atoms with Crippen molar-refractivity contribution in [3.8, 4) is 23.0 Å². The van der Waals surface area contributed by atoms with E-state index in [1.54, 1.807) is 19.2 Å². The van der Waals surface area contributed by atoms with E-state index in [1.165, 1.54) is 0 Å². The van der Waals surface area contributed by atoms with Crippen LogP contribution >= 0.6 is 11.8 Å². The molecule has 2 atom stereocenters. The van der Waals surface area contributed by atoms with Crippen LogP contribution in [-0.2, 0) is 30.8 Å². The van der Waals surface area contributed by atoms with E-state index in [0.29, 0.717) is 89.6 Å². The fraction of sp³-hybridized carbons (Fsp3) is 0.327. The minimum atomic E-state index is -0.178.